The lowest BCUT2D eigenvalue weighted by atomic mass is 9.97. The average molecular weight is 385 g/mol. The highest BCUT2D eigenvalue weighted by atomic mass is 32.1. The zero-order valence-electron chi connectivity index (χ0n) is 15.4. The Kier molecular flexibility index (Phi) is 5.07. The van der Waals surface area contributed by atoms with Gasteiger partial charge in [0.1, 0.15) is 4.83 Å². The standard InChI is InChI=1S/C19H23N5O2S/c1-13(10-23-9-7-20-11-23)22-16(25)6-8-24-12-21-18-17(19(24)26)14-4-2-3-5-15(14)27-18/h7,9,11-13H,2-6,8,10H2,1H3,(H,22,25)/t13-/m0/s1. The average Bonchev–Trinajstić information content (AvgIpc) is 3.28. The third kappa shape index (κ3) is 3.80. The number of carbonyl (C=O) groups is 1. The van der Waals surface area contributed by atoms with Crippen molar-refractivity contribution in [2.24, 2.45) is 0 Å². The summed E-state index contributed by atoms with van der Waals surface area (Å²) in [6, 6.07) is -0.00656. The summed E-state index contributed by atoms with van der Waals surface area (Å²) in [7, 11) is 0. The summed E-state index contributed by atoms with van der Waals surface area (Å²) in [5.74, 6) is -0.0676. The molecule has 1 amide bonds. The molecule has 3 heterocycles. The maximum atomic E-state index is 12.9. The van der Waals surface area contributed by atoms with Crippen LogP contribution in [-0.4, -0.2) is 31.1 Å². The predicted octanol–water partition coefficient (Wildman–Crippen LogP) is 2.13. The van der Waals surface area contributed by atoms with E-state index in [0.717, 1.165) is 29.5 Å². The van der Waals surface area contributed by atoms with E-state index >= 15 is 0 Å². The largest absolute Gasteiger partial charge is 0.352 e. The fraction of sp³-hybridized carbons (Fsp3) is 0.474. The van der Waals surface area contributed by atoms with E-state index in [-0.39, 0.29) is 23.9 Å². The van der Waals surface area contributed by atoms with Crippen LogP contribution >= 0.6 is 11.3 Å². The van der Waals surface area contributed by atoms with Crippen molar-refractivity contribution in [3.05, 3.63) is 45.8 Å². The summed E-state index contributed by atoms with van der Waals surface area (Å²) < 4.78 is 3.50. The van der Waals surface area contributed by atoms with Crippen molar-refractivity contribution in [2.75, 3.05) is 0 Å². The van der Waals surface area contributed by atoms with Gasteiger partial charge >= 0.3 is 0 Å². The second-order valence-corrected chi connectivity index (χ2v) is 8.20. The Morgan fingerprint density at radius 3 is 3.00 bits per heavy atom. The van der Waals surface area contributed by atoms with Crippen molar-refractivity contribution in [2.45, 2.75) is 58.2 Å². The van der Waals surface area contributed by atoms with Crippen molar-refractivity contribution in [1.29, 1.82) is 0 Å². The molecular weight excluding hydrogens is 362 g/mol. The van der Waals surface area contributed by atoms with Gasteiger partial charge in [0.15, 0.2) is 0 Å². The van der Waals surface area contributed by atoms with E-state index in [1.165, 1.54) is 16.9 Å². The number of nitrogens with zero attached hydrogens (tertiary/aromatic N) is 4. The van der Waals surface area contributed by atoms with Crippen molar-refractivity contribution in [1.82, 2.24) is 24.4 Å². The van der Waals surface area contributed by atoms with Crippen LogP contribution in [0.4, 0.5) is 0 Å². The molecule has 8 heteroatoms. The van der Waals surface area contributed by atoms with Gasteiger partial charge in [-0.25, -0.2) is 9.97 Å². The van der Waals surface area contributed by atoms with Crippen LogP contribution in [0.15, 0.2) is 29.8 Å². The van der Waals surface area contributed by atoms with E-state index < -0.39 is 0 Å². The van der Waals surface area contributed by atoms with Crippen LogP contribution in [0.5, 0.6) is 0 Å². The molecule has 1 aliphatic rings. The minimum absolute atomic E-state index is 0.00656. The van der Waals surface area contributed by atoms with Gasteiger partial charge < -0.3 is 9.88 Å². The first kappa shape index (κ1) is 17.9. The molecule has 3 aromatic rings. The summed E-state index contributed by atoms with van der Waals surface area (Å²) in [5.41, 5.74) is 1.17. The summed E-state index contributed by atoms with van der Waals surface area (Å²) in [6.45, 7) is 2.96. The lowest BCUT2D eigenvalue weighted by Gasteiger charge is -2.14. The maximum absolute atomic E-state index is 12.9. The van der Waals surface area contributed by atoms with Crippen LogP contribution in [0.25, 0.3) is 10.2 Å². The molecule has 0 spiro atoms. The molecule has 1 atom stereocenters. The Morgan fingerprint density at radius 2 is 2.19 bits per heavy atom. The van der Waals surface area contributed by atoms with Gasteiger partial charge in [-0.1, -0.05) is 0 Å². The van der Waals surface area contributed by atoms with Crippen molar-refractivity contribution >= 4 is 27.5 Å². The van der Waals surface area contributed by atoms with Gasteiger partial charge in [0.25, 0.3) is 5.56 Å². The van der Waals surface area contributed by atoms with Gasteiger partial charge in [0.2, 0.25) is 5.91 Å². The lowest BCUT2D eigenvalue weighted by Crippen LogP contribution is -2.36. The molecule has 7 nitrogen and oxygen atoms in total. The number of fused-ring (bicyclic) bond motifs is 3. The molecule has 4 rings (SSSR count). The molecule has 1 N–H and O–H groups in total. The van der Waals surface area contributed by atoms with Gasteiger partial charge in [-0.3, -0.25) is 14.2 Å². The van der Waals surface area contributed by atoms with E-state index in [9.17, 15) is 9.59 Å². The fourth-order valence-corrected chi connectivity index (χ4v) is 4.89. The number of imidazole rings is 1. The molecule has 27 heavy (non-hydrogen) atoms. The Morgan fingerprint density at radius 1 is 1.33 bits per heavy atom. The smallest absolute Gasteiger partial charge is 0.262 e. The van der Waals surface area contributed by atoms with Crippen LogP contribution in [0.1, 0.15) is 36.6 Å². The number of hydrogen-bond acceptors (Lipinski definition) is 5. The number of nitrogens with one attached hydrogen (secondary N) is 1. The second-order valence-electron chi connectivity index (χ2n) is 7.11. The molecule has 0 fully saturated rings. The Balaban J connectivity index is 1.42. The Hall–Kier alpha value is -2.48. The van der Waals surface area contributed by atoms with Crippen LogP contribution in [-0.2, 0) is 30.7 Å². The van der Waals surface area contributed by atoms with Crippen molar-refractivity contribution in [3.63, 3.8) is 0 Å². The quantitative estimate of drug-likeness (QED) is 0.705. The Bertz CT molecular complexity index is 1010. The van der Waals surface area contributed by atoms with Crippen LogP contribution in [0.2, 0.25) is 0 Å². The number of thiophene rings is 1. The molecule has 0 bridgehead atoms. The predicted molar refractivity (Wildman–Crippen MR) is 105 cm³/mol. The third-order valence-electron chi connectivity index (χ3n) is 4.97. The van der Waals surface area contributed by atoms with Crippen LogP contribution in [0, 0.1) is 0 Å². The number of hydrogen-bond donors (Lipinski definition) is 1. The van der Waals surface area contributed by atoms with Gasteiger partial charge in [0, 0.05) is 42.8 Å². The van der Waals surface area contributed by atoms with E-state index in [1.807, 2.05) is 17.7 Å². The number of aromatic nitrogens is 4. The second kappa shape index (κ2) is 7.64. The normalized spacial score (nSPS) is 14.9. The maximum Gasteiger partial charge on any atom is 0.262 e. The van der Waals surface area contributed by atoms with Gasteiger partial charge in [-0.2, -0.15) is 0 Å². The first-order valence-electron chi connectivity index (χ1n) is 9.36. The minimum atomic E-state index is -0.0676. The molecule has 142 valence electrons. The molecule has 0 saturated heterocycles. The summed E-state index contributed by atoms with van der Waals surface area (Å²) in [4.78, 5) is 35.8. The highest BCUT2D eigenvalue weighted by Gasteiger charge is 2.20. The third-order valence-corrected chi connectivity index (χ3v) is 6.17. The highest BCUT2D eigenvalue weighted by molar-refractivity contribution is 7.18. The zero-order chi connectivity index (χ0) is 18.8. The number of aryl methyl sites for hydroxylation is 3. The Labute approximate surface area is 161 Å². The van der Waals surface area contributed by atoms with Crippen LogP contribution in [0.3, 0.4) is 0 Å². The summed E-state index contributed by atoms with van der Waals surface area (Å²) >= 11 is 1.65. The first-order valence-corrected chi connectivity index (χ1v) is 10.2. The van der Waals surface area contributed by atoms with Crippen molar-refractivity contribution in [3.8, 4) is 0 Å². The van der Waals surface area contributed by atoms with Crippen LogP contribution < -0.4 is 10.9 Å². The van der Waals surface area contributed by atoms with Gasteiger partial charge in [-0.05, 0) is 38.2 Å². The molecule has 0 aromatic carbocycles. The summed E-state index contributed by atoms with van der Waals surface area (Å²) in [5, 5.41) is 3.74. The van der Waals surface area contributed by atoms with E-state index in [0.29, 0.717) is 13.1 Å². The fourth-order valence-electron chi connectivity index (χ4n) is 3.67. The van der Waals surface area contributed by atoms with E-state index in [4.69, 9.17) is 0 Å². The SMILES string of the molecule is C[C@@H](Cn1ccnc1)NC(=O)CCn1cnc2sc3c(c2c1=O)CCCC3. The molecule has 0 saturated carbocycles. The number of carbonyl (C=O) groups excluding carboxylic acids is 1. The number of rotatable bonds is 6. The molecule has 0 unspecified atom stereocenters. The van der Waals surface area contributed by atoms with Gasteiger partial charge in [-0.15, -0.1) is 11.3 Å². The molecule has 0 radical (unpaired) electrons. The summed E-state index contributed by atoms with van der Waals surface area (Å²) in [6.07, 6.45) is 11.5. The topological polar surface area (TPSA) is 81.8 Å². The first-order chi connectivity index (χ1) is 13.1. The van der Waals surface area contributed by atoms with Gasteiger partial charge in [0.05, 0.1) is 18.0 Å². The molecule has 0 aliphatic heterocycles. The van der Waals surface area contributed by atoms with E-state index in [1.54, 1.807) is 34.8 Å². The molecule has 1 aliphatic carbocycles. The highest BCUT2D eigenvalue weighted by Crippen LogP contribution is 2.33. The number of amides is 1. The van der Waals surface area contributed by atoms with Crippen molar-refractivity contribution < 1.29 is 4.79 Å². The monoisotopic (exact) mass is 385 g/mol. The van der Waals surface area contributed by atoms with E-state index in [2.05, 4.69) is 15.3 Å². The minimum Gasteiger partial charge on any atom is -0.352 e. The zero-order valence-corrected chi connectivity index (χ0v) is 16.2. The lowest BCUT2D eigenvalue weighted by molar-refractivity contribution is -0.122. The molecular formula is C19H23N5O2S. The molecule has 3 aromatic heterocycles.